The third-order valence-electron chi connectivity index (χ3n) is 4.39. The first-order valence-electron chi connectivity index (χ1n) is 8.16. The van der Waals surface area contributed by atoms with Crippen LogP contribution < -0.4 is 11.1 Å². The van der Waals surface area contributed by atoms with E-state index in [0.717, 1.165) is 6.42 Å². The van der Waals surface area contributed by atoms with Crippen LogP contribution in [0.15, 0.2) is 24.4 Å². The van der Waals surface area contributed by atoms with Crippen molar-refractivity contribution in [3.8, 4) is 0 Å². The van der Waals surface area contributed by atoms with Crippen LogP contribution in [0.4, 0.5) is 0 Å². The molecule has 2 heterocycles. The number of hydrogen-bond acceptors (Lipinski definition) is 4. The Kier molecular flexibility index (Phi) is 10.0. The number of hydrogen-bond donors (Lipinski definition) is 2. The number of nitrogens with one attached hydrogen (secondary N) is 1. The molecule has 1 aromatic heterocycles. The van der Waals surface area contributed by atoms with Crippen LogP contribution in [0.5, 0.6) is 0 Å². The Bertz CT molecular complexity index is 557. The lowest BCUT2D eigenvalue weighted by atomic mass is 10.0. The fourth-order valence-corrected chi connectivity index (χ4v) is 3.02. The van der Waals surface area contributed by atoms with Crippen LogP contribution in [0.2, 0.25) is 0 Å². The molecule has 3 unspecified atom stereocenters. The molecule has 0 spiro atoms. The Morgan fingerprint density at radius 1 is 1.36 bits per heavy atom. The van der Waals surface area contributed by atoms with Gasteiger partial charge in [0.25, 0.3) is 5.91 Å². The second-order valence-corrected chi connectivity index (χ2v) is 6.59. The highest BCUT2D eigenvalue weighted by Crippen LogP contribution is 2.24. The molecule has 1 aliphatic rings. The number of amides is 2. The van der Waals surface area contributed by atoms with Crippen molar-refractivity contribution in [3.63, 3.8) is 0 Å². The monoisotopic (exact) mass is 390 g/mol. The summed E-state index contributed by atoms with van der Waals surface area (Å²) >= 11 is 0. The number of carbonyl (C=O) groups excluding carboxylic acids is 2. The van der Waals surface area contributed by atoms with Crippen molar-refractivity contribution < 1.29 is 9.59 Å². The third kappa shape index (κ3) is 5.83. The van der Waals surface area contributed by atoms with Gasteiger partial charge in [-0.15, -0.1) is 24.8 Å². The molecule has 0 saturated carbocycles. The van der Waals surface area contributed by atoms with Gasteiger partial charge in [-0.25, -0.2) is 0 Å². The van der Waals surface area contributed by atoms with Crippen molar-refractivity contribution in [2.45, 2.75) is 39.3 Å². The second-order valence-electron chi connectivity index (χ2n) is 6.59. The zero-order chi connectivity index (χ0) is 17.0. The van der Waals surface area contributed by atoms with Gasteiger partial charge in [-0.3, -0.25) is 14.6 Å². The van der Waals surface area contributed by atoms with Crippen molar-refractivity contribution in [3.05, 3.63) is 30.1 Å². The van der Waals surface area contributed by atoms with Gasteiger partial charge in [0.05, 0.1) is 0 Å². The van der Waals surface area contributed by atoms with Crippen LogP contribution in [0.3, 0.4) is 0 Å². The summed E-state index contributed by atoms with van der Waals surface area (Å²) in [4.78, 5) is 31.1. The van der Waals surface area contributed by atoms with Crippen LogP contribution in [0.25, 0.3) is 0 Å². The van der Waals surface area contributed by atoms with E-state index in [4.69, 9.17) is 5.73 Å². The zero-order valence-corrected chi connectivity index (χ0v) is 16.5. The summed E-state index contributed by atoms with van der Waals surface area (Å²) in [6, 6.07) is 4.75. The molecule has 2 amide bonds. The van der Waals surface area contributed by atoms with E-state index in [0.29, 0.717) is 24.7 Å². The Hall–Kier alpha value is -1.37. The van der Waals surface area contributed by atoms with E-state index in [-0.39, 0.29) is 48.6 Å². The number of pyridine rings is 1. The SMILES string of the molecule is CC(C)C(NC(=O)c1ccccn1)C(=O)N1CC(CN)CC1C.Cl.Cl. The Labute approximate surface area is 161 Å². The zero-order valence-electron chi connectivity index (χ0n) is 14.8. The summed E-state index contributed by atoms with van der Waals surface area (Å²) in [6.45, 7) is 7.15. The molecule has 3 N–H and O–H groups in total. The van der Waals surface area contributed by atoms with E-state index in [9.17, 15) is 9.59 Å². The van der Waals surface area contributed by atoms with Gasteiger partial charge >= 0.3 is 0 Å². The molecule has 142 valence electrons. The van der Waals surface area contributed by atoms with Gasteiger partial charge < -0.3 is 16.0 Å². The number of nitrogens with zero attached hydrogens (tertiary/aromatic N) is 2. The summed E-state index contributed by atoms with van der Waals surface area (Å²) < 4.78 is 0. The lowest BCUT2D eigenvalue weighted by molar-refractivity contribution is -0.135. The summed E-state index contributed by atoms with van der Waals surface area (Å²) in [5.74, 6) is -0.0138. The van der Waals surface area contributed by atoms with E-state index in [1.165, 1.54) is 0 Å². The molecule has 8 heteroatoms. The molecule has 1 fully saturated rings. The number of likely N-dealkylation sites (tertiary alicyclic amines) is 1. The van der Waals surface area contributed by atoms with Crippen molar-refractivity contribution in [1.29, 1.82) is 0 Å². The van der Waals surface area contributed by atoms with Crippen LogP contribution in [0, 0.1) is 11.8 Å². The third-order valence-corrected chi connectivity index (χ3v) is 4.39. The van der Waals surface area contributed by atoms with Gasteiger partial charge in [0.2, 0.25) is 5.91 Å². The molecular weight excluding hydrogens is 363 g/mol. The molecular formula is C17H28Cl2N4O2. The van der Waals surface area contributed by atoms with Gasteiger partial charge in [0, 0.05) is 18.8 Å². The minimum absolute atomic E-state index is 0. The number of aromatic nitrogens is 1. The molecule has 3 atom stereocenters. The topological polar surface area (TPSA) is 88.3 Å². The highest BCUT2D eigenvalue weighted by Gasteiger charge is 2.36. The van der Waals surface area contributed by atoms with Crippen molar-refractivity contribution in [1.82, 2.24) is 15.2 Å². The maximum Gasteiger partial charge on any atom is 0.270 e. The summed E-state index contributed by atoms with van der Waals surface area (Å²) in [6.07, 6.45) is 2.48. The van der Waals surface area contributed by atoms with Crippen molar-refractivity contribution >= 4 is 36.6 Å². The number of carbonyl (C=O) groups is 2. The lowest BCUT2D eigenvalue weighted by Crippen LogP contribution is -2.52. The first kappa shape index (κ1) is 23.6. The van der Waals surface area contributed by atoms with Crippen LogP contribution in [0.1, 0.15) is 37.7 Å². The van der Waals surface area contributed by atoms with E-state index in [1.54, 1.807) is 24.4 Å². The molecule has 1 aromatic rings. The first-order valence-corrected chi connectivity index (χ1v) is 8.16. The van der Waals surface area contributed by atoms with E-state index in [2.05, 4.69) is 10.3 Å². The van der Waals surface area contributed by atoms with E-state index >= 15 is 0 Å². The Morgan fingerprint density at radius 2 is 2.04 bits per heavy atom. The van der Waals surface area contributed by atoms with Gasteiger partial charge in [-0.1, -0.05) is 19.9 Å². The minimum atomic E-state index is -0.552. The lowest BCUT2D eigenvalue weighted by Gasteiger charge is -2.29. The number of nitrogens with two attached hydrogens (primary N) is 1. The first-order chi connectivity index (χ1) is 10.9. The molecule has 1 aliphatic heterocycles. The fraction of sp³-hybridized carbons (Fsp3) is 0.588. The normalized spacial score (nSPS) is 20.4. The molecule has 0 aliphatic carbocycles. The van der Waals surface area contributed by atoms with Crippen LogP contribution in [-0.2, 0) is 4.79 Å². The Balaban J connectivity index is 0.00000288. The van der Waals surface area contributed by atoms with E-state index < -0.39 is 6.04 Å². The fourth-order valence-electron chi connectivity index (χ4n) is 3.02. The molecule has 1 saturated heterocycles. The van der Waals surface area contributed by atoms with Crippen molar-refractivity contribution in [2.75, 3.05) is 13.1 Å². The molecule has 2 rings (SSSR count). The smallest absolute Gasteiger partial charge is 0.270 e. The highest BCUT2D eigenvalue weighted by atomic mass is 35.5. The molecule has 0 radical (unpaired) electrons. The van der Waals surface area contributed by atoms with Gasteiger partial charge in [0.1, 0.15) is 11.7 Å². The Morgan fingerprint density at radius 3 is 2.52 bits per heavy atom. The molecule has 0 aromatic carbocycles. The maximum atomic E-state index is 12.9. The summed E-state index contributed by atoms with van der Waals surface area (Å²) in [5, 5.41) is 2.84. The number of rotatable bonds is 5. The standard InChI is InChI=1S/C17H26N4O2.2ClH/c1-11(2)15(20-16(22)14-6-4-5-7-19-14)17(23)21-10-13(9-18)8-12(21)3;;/h4-7,11-13,15H,8-10,18H2,1-3H3,(H,20,22);2*1H. The van der Waals surface area contributed by atoms with Gasteiger partial charge in [-0.2, -0.15) is 0 Å². The van der Waals surface area contributed by atoms with Gasteiger partial charge in [-0.05, 0) is 43.9 Å². The van der Waals surface area contributed by atoms with E-state index in [1.807, 2.05) is 25.7 Å². The van der Waals surface area contributed by atoms with Crippen LogP contribution in [-0.4, -0.2) is 46.9 Å². The van der Waals surface area contributed by atoms with Gasteiger partial charge in [0.15, 0.2) is 0 Å². The molecule has 0 bridgehead atoms. The maximum absolute atomic E-state index is 12.9. The second kappa shape index (κ2) is 10.6. The quantitative estimate of drug-likeness (QED) is 0.802. The predicted molar refractivity (Wildman–Crippen MR) is 103 cm³/mol. The van der Waals surface area contributed by atoms with Crippen LogP contribution >= 0.6 is 24.8 Å². The highest BCUT2D eigenvalue weighted by molar-refractivity contribution is 5.96. The molecule has 6 nitrogen and oxygen atoms in total. The summed E-state index contributed by atoms with van der Waals surface area (Å²) in [7, 11) is 0. The summed E-state index contributed by atoms with van der Waals surface area (Å²) in [5.41, 5.74) is 6.05. The average molecular weight is 391 g/mol. The average Bonchev–Trinajstić information content (AvgIpc) is 2.93. The molecule has 25 heavy (non-hydrogen) atoms. The van der Waals surface area contributed by atoms with Crippen molar-refractivity contribution in [2.24, 2.45) is 17.6 Å². The number of halogens is 2. The minimum Gasteiger partial charge on any atom is -0.339 e. The predicted octanol–water partition coefficient (Wildman–Crippen LogP) is 1.88. The largest absolute Gasteiger partial charge is 0.339 e.